The third-order valence-corrected chi connectivity index (χ3v) is 10.6. The Morgan fingerprint density at radius 1 is 1.07 bits per heavy atom. The molecule has 2 aliphatic rings. The van der Waals surface area contributed by atoms with Crippen molar-refractivity contribution in [3.63, 3.8) is 0 Å². The highest BCUT2D eigenvalue weighted by Gasteiger charge is 2.55. The van der Waals surface area contributed by atoms with Crippen LogP contribution < -0.4 is 5.32 Å². The summed E-state index contributed by atoms with van der Waals surface area (Å²) < 4.78 is 18.5. The molecule has 0 aromatic carbocycles. The van der Waals surface area contributed by atoms with Crippen molar-refractivity contribution >= 4 is 5.97 Å². The highest BCUT2D eigenvalue weighted by Crippen LogP contribution is 2.41. The summed E-state index contributed by atoms with van der Waals surface area (Å²) in [5.41, 5.74) is -5.43. The molecule has 7 N–H and O–H groups in total. The molecule has 2 heterocycles. The Kier molecular flexibility index (Phi) is 14.5. The number of hydrogen-bond donors (Lipinski definition) is 7. The average Bonchev–Trinajstić information content (AvgIpc) is 2.96. The van der Waals surface area contributed by atoms with Gasteiger partial charge in [0.1, 0.15) is 30.1 Å². The number of nitrogens with zero attached hydrogens (tertiary/aromatic N) is 2. The number of esters is 1. The number of ether oxygens (including phenoxy) is 3. The number of aliphatic hydroxyl groups is 6. The van der Waals surface area contributed by atoms with E-state index in [0.29, 0.717) is 13.0 Å². The van der Waals surface area contributed by atoms with Crippen LogP contribution in [0.1, 0.15) is 81.6 Å². The lowest BCUT2D eigenvalue weighted by molar-refractivity contribution is -0.305. The predicted molar refractivity (Wildman–Crippen MR) is 174 cm³/mol. The summed E-state index contributed by atoms with van der Waals surface area (Å²) in [6.07, 6.45) is -6.17. The van der Waals surface area contributed by atoms with Crippen molar-refractivity contribution in [2.75, 3.05) is 34.2 Å². The van der Waals surface area contributed by atoms with E-state index >= 15 is 0 Å². The normalized spacial score (nSPS) is 46.4. The van der Waals surface area contributed by atoms with E-state index in [1.165, 1.54) is 25.7 Å². The molecule has 0 radical (unpaired) electrons. The molecule has 0 aromatic rings. The third kappa shape index (κ3) is 9.38. The monoisotopic (exact) mass is 663 g/mol. The Bertz CT molecular complexity index is 968. The minimum Gasteiger partial charge on any atom is -0.459 e. The zero-order valence-electron chi connectivity index (χ0n) is 30.2. The summed E-state index contributed by atoms with van der Waals surface area (Å²) in [6, 6.07) is -0.893. The van der Waals surface area contributed by atoms with Crippen LogP contribution in [0.25, 0.3) is 0 Å². The molecule has 2 unspecified atom stereocenters. The van der Waals surface area contributed by atoms with Crippen LogP contribution in [0.3, 0.4) is 0 Å². The standard InChI is InChI=1S/C33H65N3O10/c1-13-25-32(9,42)27(39)22(6)34-16-18(2)15-31(8,41)28(46-30-26(38)24(35(10)11)14-19(3)44-30)20(4)33(43,17-36(12)23(7)37)21(5)29(40)45-25/h18-28,30,34,37-39,41-43H,13-17H2,1-12H3/t18-,19-,20-,21?,22-,23?,24+,25-,26-,27-,28-,30+,31+,32-,33-/m1/s1. The largest absolute Gasteiger partial charge is 0.459 e. The lowest BCUT2D eigenvalue weighted by atomic mass is 9.70. The molecule has 13 nitrogen and oxygen atoms in total. The Labute approximate surface area is 276 Å². The van der Waals surface area contributed by atoms with Crippen molar-refractivity contribution in [3.05, 3.63) is 0 Å². The van der Waals surface area contributed by atoms with Crippen molar-refractivity contribution in [2.24, 2.45) is 17.8 Å². The number of rotatable bonds is 7. The number of carbonyl (C=O) groups excluding carboxylic acids is 1. The number of cyclic esters (lactones) is 1. The van der Waals surface area contributed by atoms with E-state index in [1.807, 2.05) is 32.8 Å². The molecule has 0 spiro atoms. The van der Waals surface area contributed by atoms with Crippen molar-refractivity contribution in [3.8, 4) is 0 Å². The molecule has 0 aromatic heterocycles. The third-order valence-electron chi connectivity index (χ3n) is 10.6. The van der Waals surface area contributed by atoms with Crippen LogP contribution in [0.5, 0.6) is 0 Å². The summed E-state index contributed by atoms with van der Waals surface area (Å²) >= 11 is 0. The van der Waals surface area contributed by atoms with E-state index < -0.39 is 77.6 Å². The average molecular weight is 664 g/mol. The van der Waals surface area contributed by atoms with Crippen molar-refractivity contribution in [2.45, 2.75) is 154 Å². The van der Waals surface area contributed by atoms with Gasteiger partial charge in [-0.3, -0.25) is 9.69 Å². The Hall–Kier alpha value is -0.970. The molecule has 13 heteroatoms. The van der Waals surface area contributed by atoms with Gasteiger partial charge in [-0.1, -0.05) is 20.8 Å². The van der Waals surface area contributed by atoms with Crippen LogP contribution in [0, 0.1) is 17.8 Å². The fraction of sp³-hybridized carbons (Fsp3) is 0.970. The van der Waals surface area contributed by atoms with Crippen molar-refractivity contribution < 1.29 is 49.6 Å². The van der Waals surface area contributed by atoms with Gasteiger partial charge < -0.3 is 55.1 Å². The van der Waals surface area contributed by atoms with E-state index in [0.717, 1.165) is 0 Å². The first-order valence-corrected chi connectivity index (χ1v) is 16.8. The van der Waals surface area contributed by atoms with Gasteiger partial charge in [-0.2, -0.15) is 0 Å². The molecule has 0 aliphatic carbocycles. The number of nitrogens with one attached hydrogen (secondary N) is 1. The number of carbonyl (C=O) groups is 1. The number of aliphatic hydroxyl groups excluding tert-OH is 3. The molecule has 272 valence electrons. The second kappa shape index (κ2) is 16.2. The van der Waals surface area contributed by atoms with E-state index in [-0.39, 0.29) is 37.5 Å². The second-order valence-corrected chi connectivity index (χ2v) is 15.0. The second-order valence-electron chi connectivity index (χ2n) is 15.0. The molecular formula is C33H65N3O10. The van der Waals surface area contributed by atoms with Crippen LogP contribution in [0.4, 0.5) is 0 Å². The molecule has 0 amide bonds. The highest BCUT2D eigenvalue weighted by atomic mass is 16.7. The maximum absolute atomic E-state index is 13.9. The SMILES string of the molecule is CC[C@H]1OC(=O)C(C)[C@@](O)(CN(C)C(C)O)[C@H](C)[C@@H](O[C@@H]2O[C@H](C)C[C@H](N(C)C)[C@H]2O)[C@@](C)(O)C[C@@H](C)CN[C@H](C)[C@@H](O)[C@]1(C)O. The predicted octanol–water partition coefficient (Wildman–Crippen LogP) is 0.274. The smallest absolute Gasteiger partial charge is 0.312 e. The Balaban J connectivity index is 2.73. The number of hydrogen-bond acceptors (Lipinski definition) is 13. The summed E-state index contributed by atoms with van der Waals surface area (Å²) in [7, 11) is 5.31. The maximum atomic E-state index is 13.9. The van der Waals surface area contributed by atoms with Gasteiger partial charge in [0, 0.05) is 24.5 Å². The van der Waals surface area contributed by atoms with Crippen LogP contribution in [-0.2, 0) is 19.0 Å². The zero-order chi connectivity index (χ0) is 35.5. The fourth-order valence-electron chi connectivity index (χ4n) is 7.22. The van der Waals surface area contributed by atoms with E-state index in [1.54, 1.807) is 34.7 Å². The van der Waals surface area contributed by atoms with Gasteiger partial charge in [0.15, 0.2) is 6.29 Å². The molecule has 0 saturated carbocycles. The first-order chi connectivity index (χ1) is 21.0. The van der Waals surface area contributed by atoms with Crippen LogP contribution in [0.2, 0.25) is 0 Å². The van der Waals surface area contributed by atoms with Gasteiger partial charge in [0.2, 0.25) is 0 Å². The lowest BCUT2D eigenvalue weighted by Gasteiger charge is -2.50. The molecule has 2 fully saturated rings. The van der Waals surface area contributed by atoms with Gasteiger partial charge in [-0.15, -0.1) is 0 Å². The van der Waals surface area contributed by atoms with Crippen LogP contribution in [-0.4, -0.2) is 153 Å². The molecule has 46 heavy (non-hydrogen) atoms. The molecule has 15 atom stereocenters. The molecule has 2 rings (SSSR count). The maximum Gasteiger partial charge on any atom is 0.312 e. The summed E-state index contributed by atoms with van der Waals surface area (Å²) in [5, 5.41) is 72.5. The summed E-state index contributed by atoms with van der Waals surface area (Å²) in [6.45, 7) is 15.1. The Morgan fingerprint density at radius 3 is 2.17 bits per heavy atom. The first-order valence-electron chi connectivity index (χ1n) is 16.8. The van der Waals surface area contributed by atoms with Crippen molar-refractivity contribution in [1.29, 1.82) is 0 Å². The quantitative estimate of drug-likeness (QED) is 0.146. The van der Waals surface area contributed by atoms with Gasteiger partial charge in [-0.25, -0.2) is 0 Å². The van der Waals surface area contributed by atoms with Gasteiger partial charge in [-0.05, 0) is 94.4 Å². The Morgan fingerprint density at radius 2 is 1.65 bits per heavy atom. The van der Waals surface area contributed by atoms with E-state index in [9.17, 15) is 35.4 Å². The number of likely N-dealkylation sites (N-methyl/N-ethyl adjacent to an activating group) is 2. The van der Waals surface area contributed by atoms with E-state index in [4.69, 9.17) is 14.2 Å². The molecule has 0 bridgehead atoms. The molecule has 2 aliphatic heterocycles. The fourth-order valence-corrected chi connectivity index (χ4v) is 7.22. The highest BCUT2D eigenvalue weighted by molar-refractivity contribution is 5.74. The minimum atomic E-state index is -1.97. The van der Waals surface area contributed by atoms with Gasteiger partial charge in [0.25, 0.3) is 0 Å². The van der Waals surface area contributed by atoms with Crippen LogP contribution >= 0.6 is 0 Å². The van der Waals surface area contributed by atoms with Gasteiger partial charge in [0.05, 0.1) is 29.3 Å². The first kappa shape index (κ1) is 41.2. The molecular weight excluding hydrogens is 598 g/mol. The van der Waals surface area contributed by atoms with Crippen LogP contribution in [0.15, 0.2) is 0 Å². The topological polar surface area (TPSA) is 185 Å². The lowest BCUT2D eigenvalue weighted by Crippen LogP contribution is -2.64. The minimum absolute atomic E-state index is 0.169. The van der Waals surface area contributed by atoms with Gasteiger partial charge >= 0.3 is 5.97 Å². The zero-order valence-corrected chi connectivity index (χ0v) is 30.2. The summed E-state index contributed by atoms with van der Waals surface area (Å²) in [4.78, 5) is 17.3. The molecule has 2 saturated heterocycles. The van der Waals surface area contributed by atoms with Crippen molar-refractivity contribution in [1.82, 2.24) is 15.1 Å². The summed E-state index contributed by atoms with van der Waals surface area (Å²) in [5.74, 6) is -3.26. The van der Waals surface area contributed by atoms with E-state index in [2.05, 4.69) is 5.32 Å².